The second kappa shape index (κ2) is 7.12. The van der Waals surface area contributed by atoms with Gasteiger partial charge in [0.2, 0.25) is 5.96 Å². The standard InChI is InChI=1S/C14H14N4O5S/c1-24(20,21)23-18-14(16)17-13(19)10-4-2-3-9(5-10)12-8-22-7-11(12)6-15/h2-5H,7-8H2,1H3,(H3,16,17,18,19). The van der Waals surface area contributed by atoms with E-state index in [9.17, 15) is 13.2 Å². The number of ether oxygens (including phenoxy) is 1. The Balaban J connectivity index is 2.17. The molecule has 1 aliphatic rings. The number of hydrogen-bond donors (Lipinski definition) is 2. The number of oxime groups is 1. The van der Waals surface area contributed by atoms with Gasteiger partial charge in [-0.1, -0.05) is 12.1 Å². The Morgan fingerprint density at radius 3 is 2.88 bits per heavy atom. The van der Waals surface area contributed by atoms with Crippen molar-refractivity contribution in [1.29, 1.82) is 5.26 Å². The van der Waals surface area contributed by atoms with Crippen LogP contribution in [0.25, 0.3) is 5.57 Å². The molecule has 24 heavy (non-hydrogen) atoms. The molecule has 1 aliphatic heterocycles. The fraction of sp³-hybridized carbons (Fsp3) is 0.214. The van der Waals surface area contributed by atoms with E-state index in [0.29, 0.717) is 23.3 Å². The van der Waals surface area contributed by atoms with Gasteiger partial charge in [-0.3, -0.25) is 14.4 Å². The highest BCUT2D eigenvalue weighted by Gasteiger charge is 2.18. The summed E-state index contributed by atoms with van der Waals surface area (Å²) in [4.78, 5) is 12.1. The van der Waals surface area contributed by atoms with Crippen molar-refractivity contribution in [3.05, 3.63) is 41.0 Å². The number of nitriles is 1. The van der Waals surface area contributed by atoms with Crippen LogP contribution >= 0.6 is 0 Å². The third-order valence-electron chi connectivity index (χ3n) is 2.98. The number of guanidine groups is 1. The van der Waals surface area contributed by atoms with Gasteiger partial charge < -0.3 is 10.5 Å². The number of nitrogens with zero attached hydrogens (tertiary/aromatic N) is 2. The zero-order valence-corrected chi connectivity index (χ0v) is 13.5. The van der Waals surface area contributed by atoms with Gasteiger partial charge in [-0.25, -0.2) is 0 Å². The summed E-state index contributed by atoms with van der Waals surface area (Å²) in [5.74, 6) is -1.11. The molecule has 10 heteroatoms. The van der Waals surface area contributed by atoms with Gasteiger partial charge in [0.15, 0.2) is 0 Å². The van der Waals surface area contributed by atoms with Crippen molar-refractivity contribution in [3.8, 4) is 6.07 Å². The second-order valence-electron chi connectivity index (χ2n) is 4.85. The van der Waals surface area contributed by atoms with Gasteiger partial charge >= 0.3 is 10.1 Å². The molecule has 3 N–H and O–H groups in total. The molecule has 1 amide bonds. The predicted octanol–water partition coefficient (Wildman–Crippen LogP) is -0.0703. The van der Waals surface area contributed by atoms with Crippen LogP contribution in [0.2, 0.25) is 0 Å². The molecule has 0 aliphatic carbocycles. The lowest BCUT2D eigenvalue weighted by Gasteiger charge is -2.07. The smallest absolute Gasteiger partial charge is 0.325 e. The molecule has 0 saturated heterocycles. The van der Waals surface area contributed by atoms with Crippen molar-refractivity contribution in [2.75, 3.05) is 19.5 Å². The van der Waals surface area contributed by atoms with E-state index in [2.05, 4.69) is 20.8 Å². The first kappa shape index (κ1) is 17.5. The number of benzene rings is 1. The van der Waals surface area contributed by atoms with Crippen molar-refractivity contribution in [3.63, 3.8) is 0 Å². The minimum atomic E-state index is -3.82. The summed E-state index contributed by atoms with van der Waals surface area (Å²) in [6.45, 7) is 0.532. The molecule has 0 bridgehead atoms. The van der Waals surface area contributed by atoms with E-state index in [-0.39, 0.29) is 12.2 Å². The molecule has 0 aromatic heterocycles. The number of carbonyl (C=O) groups excluding carboxylic acids is 1. The summed E-state index contributed by atoms with van der Waals surface area (Å²) in [6, 6.07) is 8.57. The molecule has 1 aromatic carbocycles. The molecule has 2 rings (SSSR count). The summed E-state index contributed by atoms with van der Waals surface area (Å²) >= 11 is 0. The molecule has 0 saturated carbocycles. The van der Waals surface area contributed by atoms with Crippen molar-refractivity contribution < 1.29 is 22.2 Å². The Hall–Kier alpha value is -2.90. The van der Waals surface area contributed by atoms with Crippen LogP contribution in [0.5, 0.6) is 0 Å². The van der Waals surface area contributed by atoms with Crippen molar-refractivity contribution in [2.24, 2.45) is 10.9 Å². The minimum absolute atomic E-state index is 0.241. The van der Waals surface area contributed by atoms with Gasteiger partial charge in [0, 0.05) is 11.1 Å². The highest BCUT2D eigenvalue weighted by atomic mass is 32.2. The summed E-state index contributed by atoms with van der Waals surface area (Å²) in [6.07, 6.45) is 0.791. The van der Waals surface area contributed by atoms with Crippen molar-refractivity contribution in [2.45, 2.75) is 0 Å². The van der Waals surface area contributed by atoms with Gasteiger partial charge in [-0.15, -0.1) is 0 Å². The summed E-state index contributed by atoms with van der Waals surface area (Å²) in [5.41, 5.74) is 7.54. The number of amides is 1. The molecule has 1 heterocycles. The molecule has 0 radical (unpaired) electrons. The lowest BCUT2D eigenvalue weighted by Crippen LogP contribution is -2.37. The van der Waals surface area contributed by atoms with Gasteiger partial charge in [0.05, 0.1) is 31.1 Å². The Morgan fingerprint density at radius 2 is 2.21 bits per heavy atom. The third-order valence-corrected chi connectivity index (χ3v) is 3.32. The van der Waals surface area contributed by atoms with Crippen LogP contribution in [0.3, 0.4) is 0 Å². The van der Waals surface area contributed by atoms with Crippen molar-refractivity contribution >= 4 is 27.6 Å². The highest BCUT2D eigenvalue weighted by molar-refractivity contribution is 7.85. The first-order valence-corrected chi connectivity index (χ1v) is 8.45. The predicted molar refractivity (Wildman–Crippen MR) is 84.8 cm³/mol. The average Bonchev–Trinajstić information content (AvgIpc) is 3.01. The summed E-state index contributed by atoms with van der Waals surface area (Å²) < 4.78 is 31.0. The Morgan fingerprint density at radius 1 is 1.46 bits per heavy atom. The quantitative estimate of drug-likeness (QED) is 0.439. The van der Waals surface area contributed by atoms with Crippen molar-refractivity contribution in [1.82, 2.24) is 5.32 Å². The minimum Gasteiger partial charge on any atom is -0.371 e. The second-order valence-corrected chi connectivity index (χ2v) is 6.41. The van der Waals surface area contributed by atoms with Gasteiger partial charge in [0.25, 0.3) is 5.91 Å². The van der Waals surface area contributed by atoms with Crippen LogP contribution in [0, 0.1) is 11.3 Å². The number of rotatable bonds is 4. The first-order chi connectivity index (χ1) is 11.3. The Labute approximate surface area is 138 Å². The van der Waals surface area contributed by atoms with Crippen LogP contribution in [0.4, 0.5) is 0 Å². The molecule has 0 fully saturated rings. The highest BCUT2D eigenvalue weighted by Crippen LogP contribution is 2.25. The molecule has 9 nitrogen and oxygen atoms in total. The van der Waals surface area contributed by atoms with E-state index >= 15 is 0 Å². The molecular formula is C14H14N4O5S. The Kier molecular flexibility index (Phi) is 5.18. The van der Waals surface area contributed by atoms with E-state index in [1.54, 1.807) is 18.2 Å². The number of nitrogens with two attached hydrogens (primary N) is 1. The SMILES string of the molecule is CS(=O)(=O)ON=C(N)NC(=O)c1cccc(C2=C(C#N)COC2)c1. The first-order valence-electron chi connectivity index (χ1n) is 6.64. The maximum Gasteiger partial charge on any atom is 0.325 e. The van der Waals surface area contributed by atoms with Crippen LogP contribution in [0.15, 0.2) is 35.0 Å². The monoisotopic (exact) mass is 350 g/mol. The van der Waals surface area contributed by atoms with E-state index in [1.165, 1.54) is 6.07 Å². The normalized spacial score (nSPS) is 15.1. The maximum absolute atomic E-state index is 12.1. The van der Waals surface area contributed by atoms with Gasteiger partial charge in [-0.2, -0.15) is 13.7 Å². The topological polar surface area (TPSA) is 144 Å². The average molecular weight is 350 g/mol. The van der Waals surface area contributed by atoms with E-state index in [4.69, 9.17) is 15.7 Å². The zero-order valence-electron chi connectivity index (χ0n) is 12.6. The summed E-state index contributed by atoms with van der Waals surface area (Å²) in [5, 5.41) is 14.3. The molecule has 0 unspecified atom stereocenters. The van der Waals surface area contributed by atoms with Gasteiger partial charge in [-0.05, 0) is 22.9 Å². The van der Waals surface area contributed by atoms with E-state index in [1.807, 2.05) is 0 Å². The lowest BCUT2D eigenvalue weighted by atomic mass is 10.0. The van der Waals surface area contributed by atoms with Crippen LogP contribution in [0.1, 0.15) is 15.9 Å². The van der Waals surface area contributed by atoms with Crippen LogP contribution in [-0.2, 0) is 19.1 Å². The van der Waals surface area contributed by atoms with Gasteiger partial charge in [0.1, 0.15) is 0 Å². The van der Waals surface area contributed by atoms with Crippen LogP contribution < -0.4 is 11.1 Å². The van der Waals surface area contributed by atoms with Crippen LogP contribution in [-0.4, -0.2) is 39.8 Å². The summed E-state index contributed by atoms with van der Waals surface area (Å²) in [7, 11) is -3.82. The number of carbonyl (C=O) groups is 1. The Bertz CT molecular complexity index is 867. The third kappa shape index (κ3) is 4.55. The van der Waals surface area contributed by atoms with E-state index < -0.39 is 22.0 Å². The fourth-order valence-corrected chi connectivity index (χ4v) is 2.17. The molecule has 126 valence electrons. The van der Waals surface area contributed by atoms with E-state index in [0.717, 1.165) is 6.26 Å². The molecular weight excluding hydrogens is 336 g/mol. The number of nitrogens with one attached hydrogen (secondary N) is 1. The fourth-order valence-electron chi connectivity index (χ4n) is 1.95. The lowest BCUT2D eigenvalue weighted by molar-refractivity contribution is 0.0975. The molecule has 0 spiro atoms. The molecule has 0 atom stereocenters. The maximum atomic E-state index is 12.1. The zero-order chi connectivity index (χ0) is 17.7. The largest absolute Gasteiger partial charge is 0.371 e. The number of hydrogen-bond acceptors (Lipinski definition) is 7. The molecule has 1 aromatic rings.